The second kappa shape index (κ2) is 12.3. The second-order valence-electron chi connectivity index (χ2n) is 6.94. The molecule has 4 nitrogen and oxygen atoms in total. The van der Waals surface area contributed by atoms with Crippen molar-refractivity contribution >= 4 is 57.9 Å². The molecule has 0 spiro atoms. The molecule has 0 unspecified atom stereocenters. The summed E-state index contributed by atoms with van der Waals surface area (Å²) < 4.78 is 14.5. The van der Waals surface area contributed by atoms with Crippen LogP contribution in [0.1, 0.15) is 63.4 Å². The smallest absolute Gasteiger partial charge is 0.303 e. The number of halogens is 2. The Morgan fingerprint density at radius 1 is 1.14 bits per heavy atom. The van der Waals surface area contributed by atoms with Crippen LogP contribution in [0.15, 0.2) is 23.1 Å². The molecule has 1 saturated heterocycles. The summed E-state index contributed by atoms with van der Waals surface area (Å²) in [4.78, 5) is 25.0. The molecule has 1 aromatic carbocycles. The van der Waals surface area contributed by atoms with Gasteiger partial charge < -0.3 is 5.11 Å². The zero-order valence-corrected chi connectivity index (χ0v) is 18.6. The van der Waals surface area contributed by atoms with Gasteiger partial charge in [-0.2, -0.15) is 0 Å². The average molecular weight is 458 g/mol. The van der Waals surface area contributed by atoms with E-state index >= 15 is 0 Å². The van der Waals surface area contributed by atoms with E-state index < -0.39 is 11.8 Å². The summed E-state index contributed by atoms with van der Waals surface area (Å²) in [5.41, 5.74) is 0.207. The van der Waals surface area contributed by atoms with E-state index in [2.05, 4.69) is 0 Å². The van der Waals surface area contributed by atoms with Crippen LogP contribution in [-0.4, -0.2) is 32.7 Å². The van der Waals surface area contributed by atoms with Gasteiger partial charge in [0.15, 0.2) is 0 Å². The van der Waals surface area contributed by atoms with Crippen LogP contribution in [-0.2, 0) is 9.59 Å². The standard InChI is InChI=1S/C21H25ClFNO3S2/c22-16-10-9-11-17(23)15(16)14-18-20(27)24(21(28)29-18)13-8-6-4-2-1-3-5-7-12-19(25)26/h9-11,14H,1-8,12-13H2,(H,25,26)/b18-14-. The first-order valence-corrected chi connectivity index (χ1v) is 11.4. The Balaban J connectivity index is 1.70. The summed E-state index contributed by atoms with van der Waals surface area (Å²) in [5, 5.41) is 8.85. The molecule has 1 aliphatic rings. The van der Waals surface area contributed by atoms with Gasteiger partial charge in [0.25, 0.3) is 5.91 Å². The number of aliphatic carboxylic acids is 1. The van der Waals surface area contributed by atoms with Gasteiger partial charge in [-0.05, 0) is 31.1 Å². The molecule has 1 fully saturated rings. The molecule has 1 N–H and O–H groups in total. The van der Waals surface area contributed by atoms with Gasteiger partial charge in [0.05, 0.1) is 9.93 Å². The molecular weight excluding hydrogens is 433 g/mol. The number of thioether (sulfide) groups is 1. The van der Waals surface area contributed by atoms with E-state index in [4.69, 9.17) is 28.9 Å². The first-order chi connectivity index (χ1) is 13.9. The van der Waals surface area contributed by atoms with Crippen LogP contribution >= 0.6 is 35.6 Å². The summed E-state index contributed by atoms with van der Waals surface area (Å²) >= 11 is 12.5. The quantitative estimate of drug-likeness (QED) is 0.227. The third-order valence-electron chi connectivity index (χ3n) is 4.67. The van der Waals surface area contributed by atoms with Gasteiger partial charge in [0.1, 0.15) is 10.1 Å². The molecule has 29 heavy (non-hydrogen) atoms. The number of carboxylic acids is 1. The highest BCUT2D eigenvalue weighted by molar-refractivity contribution is 8.26. The molecule has 0 radical (unpaired) electrons. The minimum atomic E-state index is -0.729. The fraction of sp³-hybridized carbons (Fsp3) is 0.476. The fourth-order valence-electron chi connectivity index (χ4n) is 3.08. The van der Waals surface area contributed by atoms with E-state index in [9.17, 15) is 14.0 Å². The molecule has 2 rings (SSSR count). The first kappa shape index (κ1) is 23.8. The molecule has 1 heterocycles. The SMILES string of the molecule is O=C(O)CCCCCCCCCCN1C(=O)/C(=C/c2c(F)cccc2Cl)SC1=S. The summed E-state index contributed by atoms with van der Waals surface area (Å²) in [7, 11) is 0. The van der Waals surface area contributed by atoms with E-state index in [0.717, 1.165) is 51.4 Å². The molecule has 1 aromatic rings. The maximum absolute atomic E-state index is 14.0. The zero-order valence-electron chi connectivity index (χ0n) is 16.2. The second-order valence-corrected chi connectivity index (χ2v) is 9.02. The van der Waals surface area contributed by atoms with Crippen LogP contribution < -0.4 is 0 Å². The molecule has 8 heteroatoms. The van der Waals surface area contributed by atoms with Gasteiger partial charge in [0.2, 0.25) is 0 Å². The predicted octanol–water partition coefficient (Wildman–Crippen LogP) is 6.28. The van der Waals surface area contributed by atoms with Crippen LogP contribution in [0.2, 0.25) is 5.02 Å². The van der Waals surface area contributed by atoms with E-state index in [-0.39, 0.29) is 22.9 Å². The Bertz CT molecular complexity index is 765. The van der Waals surface area contributed by atoms with Crippen LogP contribution in [0.3, 0.4) is 0 Å². The van der Waals surface area contributed by atoms with Gasteiger partial charge in [-0.15, -0.1) is 0 Å². The van der Waals surface area contributed by atoms with E-state index in [1.54, 1.807) is 11.0 Å². The topological polar surface area (TPSA) is 57.6 Å². The van der Waals surface area contributed by atoms with Crippen molar-refractivity contribution in [2.24, 2.45) is 0 Å². The van der Waals surface area contributed by atoms with Gasteiger partial charge in [0, 0.05) is 18.5 Å². The van der Waals surface area contributed by atoms with Crippen molar-refractivity contribution < 1.29 is 19.1 Å². The summed E-state index contributed by atoms with van der Waals surface area (Å²) in [6.45, 7) is 0.561. The van der Waals surface area contributed by atoms with Crippen molar-refractivity contribution in [2.45, 2.75) is 57.8 Å². The Morgan fingerprint density at radius 2 is 1.76 bits per heavy atom. The maximum atomic E-state index is 14.0. The van der Waals surface area contributed by atoms with Gasteiger partial charge in [-0.1, -0.05) is 80.2 Å². The highest BCUT2D eigenvalue weighted by Crippen LogP contribution is 2.34. The molecule has 0 aliphatic carbocycles. The Hall–Kier alpha value is -1.44. The monoisotopic (exact) mass is 457 g/mol. The lowest BCUT2D eigenvalue weighted by molar-refractivity contribution is -0.137. The van der Waals surface area contributed by atoms with E-state index in [1.165, 1.54) is 30.0 Å². The fourth-order valence-corrected chi connectivity index (χ4v) is 4.59. The van der Waals surface area contributed by atoms with Crippen LogP contribution in [0.4, 0.5) is 4.39 Å². The highest BCUT2D eigenvalue weighted by atomic mass is 35.5. The summed E-state index contributed by atoms with van der Waals surface area (Å²) in [6, 6.07) is 4.42. The van der Waals surface area contributed by atoms with Gasteiger partial charge in [-0.25, -0.2) is 4.39 Å². The number of amides is 1. The van der Waals surface area contributed by atoms with Crippen molar-refractivity contribution in [3.8, 4) is 0 Å². The van der Waals surface area contributed by atoms with Crippen LogP contribution in [0.5, 0.6) is 0 Å². The third-order valence-corrected chi connectivity index (χ3v) is 6.38. The molecule has 0 bridgehead atoms. The average Bonchev–Trinajstić information content (AvgIpc) is 2.93. The van der Waals surface area contributed by atoms with Crippen molar-refractivity contribution in [2.75, 3.05) is 6.54 Å². The lowest BCUT2D eigenvalue weighted by Gasteiger charge is -2.14. The number of unbranched alkanes of at least 4 members (excludes halogenated alkanes) is 7. The molecule has 158 valence electrons. The number of rotatable bonds is 12. The number of hydrogen-bond acceptors (Lipinski definition) is 4. The number of thiocarbonyl (C=S) groups is 1. The Kier molecular flexibility index (Phi) is 10.1. The molecule has 0 atom stereocenters. The highest BCUT2D eigenvalue weighted by Gasteiger charge is 2.31. The van der Waals surface area contributed by atoms with Crippen LogP contribution in [0, 0.1) is 5.82 Å². The number of carbonyl (C=O) groups is 2. The van der Waals surface area contributed by atoms with Gasteiger partial charge >= 0.3 is 5.97 Å². The van der Waals surface area contributed by atoms with Crippen molar-refractivity contribution in [3.63, 3.8) is 0 Å². The van der Waals surface area contributed by atoms with Crippen molar-refractivity contribution in [1.29, 1.82) is 0 Å². The van der Waals surface area contributed by atoms with Crippen molar-refractivity contribution in [1.82, 2.24) is 4.90 Å². The lowest BCUT2D eigenvalue weighted by Crippen LogP contribution is -2.29. The predicted molar refractivity (Wildman–Crippen MR) is 120 cm³/mol. The number of carbonyl (C=O) groups excluding carboxylic acids is 1. The number of carboxylic acid groups (broad SMARTS) is 1. The van der Waals surface area contributed by atoms with E-state index in [0.29, 0.717) is 15.8 Å². The molecular formula is C21H25ClFNO3S2. The van der Waals surface area contributed by atoms with Gasteiger partial charge in [-0.3, -0.25) is 14.5 Å². The Labute approximate surface area is 185 Å². The molecule has 0 saturated carbocycles. The first-order valence-electron chi connectivity index (χ1n) is 9.81. The minimum Gasteiger partial charge on any atom is -0.481 e. The summed E-state index contributed by atoms with van der Waals surface area (Å²) in [6.07, 6.45) is 9.65. The molecule has 1 amide bonds. The third kappa shape index (κ3) is 7.72. The molecule has 1 aliphatic heterocycles. The maximum Gasteiger partial charge on any atom is 0.303 e. The largest absolute Gasteiger partial charge is 0.481 e. The summed E-state index contributed by atoms with van der Waals surface area (Å²) in [5.74, 6) is -1.39. The Morgan fingerprint density at radius 3 is 2.38 bits per heavy atom. The molecule has 0 aromatic heterocycles. The minimum absolute atomic E-state index is 0.197. The van der Waals surface area contributed by atoms with Crippen LogP contribution in [0.25, 0.3) is 6.08 Å². The normalized spacial score (nSPS) is 15.5. The number of benzene rings is 1. The van der Waals surface area contributed by atoms with Crippen molar-refractivity contribution in [3.05, 3.63) is 39.5 Å². The number of nitrogens with zero attached hydrogens (tertiary/aromatic N) is 1. The lowest BCUT2D eigenvalue weighted by atomic mass is 10.1. The van der Waals surface area contributed by atoms with E-state index in [1.807, 2.05) is 0 Å². The number of hydrogen-bond donors (Lipinski definition) is 1. The zero-order chi connectivity index (χ0) is 21.2.